The number of hydrogen-bond acceptors (Lipinski definition) is 6. The zero-order chi connectivity index (χ0) is 28.3. The lowest BCUT2D eigenvalue weighted by molar-refractivity contribution is -0.142. The second-order valence-corrected chi connectivity index (χ2v) is 9.78. The normalized spacial score (nSPS) is 13.1. The summed E-state index contributed by atoms with van der Waals surface area (Å²) in [6.45, 7) is 6.32. The summed E-state index contributed by atoms with van der Waals surface area (Å²) in [6, 6.07) is 12.5. The number of aliphatic carboxylic acids is 1. The fourth-order valence-electron chi connectivity index (χ4n) is 3.05. The van der Waals surface area contributed by atoms with E-state index in [0.717, 1.165) is 11.1 Å². The number of anilines is 1. The molecule has 2 unspecified atom stereocenters. The van der Waals surface area contributed by atoms with Crippen LogP contribution in [0.5, 0.6) is 0 Å². The van der Waals surface area contributed by atoms with Crippen molar-refractivity contribution in [2.45, 2.75) is 45.4 Å². The van der Waals surface area contributed by atoms with Gasteiger partial charge in [-0.3, -0.25) is 9.59 Å². The molecule has 0 aromatic heterocycles. The van der Waals surface area contributed by atoms with E-state index in [0.29, 0.717) is 5.69 Å². The smallest absolute Gasteiger partial charge is 0.480 e. The van der Waals surface area contributed by atoms with Crippen LogP contribution in [0.3, 0.4) is 0 Å². The van der Waals surface area contributed by atoms with Gasteiger partial charge >= 0.3 is 12.1 Å². The van der Waals surface area contributed by atoms with Gasteiger partial charge in [0.05, 0.1) is 5.33 Å². The number of amides is 2. The van der Waals surface area contributed by atoms with Gasteiger partial charge in [-0.2, -0.15) is 0 Å². The van der Waals surface area contributed by atoms with Crippen molar-refractivity contribution in [3.8, 4) is 0 Å². The number of benzene rings is 2. The fourth-order valence-corrected chi connectivity index (χ4v) is 3.19. The minimum absolute atomic E-state index is 0.122. The molecule has 202 valence electrons. The number of halogens is 1. The Kier molecular flexibility index (Phi) is 11.3. The van der Waals surface area contributed by atoms with Gasteiger partial charge in [-0.05, 0) is 63.1 Å². The Morgan fingerprint density at radius 1 is 0.947 bits per heavy atom. The molecule has 0 aliphatic heterocycles. The highest BCUT2D eigenvalue weighted by molar-refractivity contribution is 9.09. The lowest BCUT2D eigenvalue weighted by Gasteiger charge is -2.24. The van der Waals surface area contributed by atoms with E-state index in [4.69, 9.17) is 9.47 Å². The van der Waals surface area contributed by atoms with Crippen LogP contribution >= 0.6 is 15.9 Å². The van der Waals surface area contributed by atoms with Crippen LogP contribution in [0.1, 0.15) is 49.2 Å². The zero-order valence-corrected chi connectivity index (χ0v) is 23.2. The molecule has 2 amide bonds. The Balaban J connectivity index is 1.94. The van der Waals surface area contributed by atoms with E-state index in [-0.39, 0.29) is 16.8 Å². The summed E-state index contributed by atoms with van der Waals surface area (Å²) >= 11 is 3.10. The van der Waals surface area contributed by atoms with Crippen LogP contribution in [-0.2, 0) is 19.1 Å². The quantitative estimate of drug-likeness (QED) is 0.196. The first-order chi connectivity index (χ1) is 17.9. The number of nitrogens with one attached hydrogen (secondary N) is 2. The van der Waals surface area contributed by atoms with Crippen molar-refractivity contribution in [2.24, 2.45) is 0 Å². The van der Waals surface area contributed by atoms with Gasteiger partial charge in [-0.1, -0.05) is 64.5 Å². The van der Waals surface area contributed by atoms with Crippen LogP contribution in [0.4, 0.5) is 10.5 Å². The van der Waals surface area contributed by atoms with Crippen LogP contribution in [-0.4, -0.2) is 52.1 Å². The number of ether oxygens (including phenoxy) is 2. The summed E-state index contributed by atoms with van der Waals surface area (Å²) in [5, 5.41) is 14.9. The Bertz CT molecular complexity index is 1180. The first kappa shape index (κ1) is 30.3. The van der Waals surface area contributed by atoms with Gasteiger partial charge in [0, 0.05) is 11.3 Å². The van der Waals surface area contributed by atoms with Crippen molar-refractivity contribution >= 4 is 57.7 Å². The highest BCUT2D eigenvalue weighted by Gasteiger charge is 2.31. The Morgan fingerprint density at radius 2 is 1.47 bits per heavy atom. The van der Waals surface area contributed by atoms with Crippen LogP contribution in [0.2, 0.25) is 0 Å². The van der Waals surface area contributed by atoms with E-state index >= 15 is 0 Å². The van der Waals surface area contributed by atoms with Crippen molar-refractivity contribution in [3.05, 3.63) is 77.4 Å². The lowest BCUT2D eigenvalue weighted by Crippen LogP contribution is -2.49. The third-order valence-corrected chi connectivity index (χ3v) is 5.38. The minimum Gasteiger partial charge on any atom is -0.480 e. The summed E-state index contributed by atoms with van der Waals surface area (Å²) in [6.07, 6.45) is 5.26. The van der Waals surface area contributed by atoms with Gasteiger partial charge in [0.25, 0.3) is 5.91 Å². The molecular weight excluding hydrogens is 556 g/mol. The second kappa shape index (κ2) is 14.1. The molecule has 2 aromatic carbocycles. The maximum atomic E-state index is 12.6. The summed E-state index contributed by atoms with van der Waals surface area (Å²) in [7, 11) is 0. The van der Waals surface area contributed by atoms with E-state index in [1.165, 1.54) is 6.92 Å². The first-order valence-electron chi connectivity index (χ1n) is 11.7. The fraction of sp³-hybridized carbons (Fsp3) is 0.286. The molecular formula is C28H31BrN2O7. The largest absolute Gasteiger partial charge is 0.509 e. The molecule has 0 saturated heterocycles. The zero-order valence-electron chi connectivity index (χ0n) is 21.6. The summed E-state index contributed by atoms with van der Waals surface area (Å²) in [5.41, 5.74) is 1.95. The highest BCUT2D eigenvalue weighted by Crippen LogP contribution is 2.13. The number of alkyl halides is 1. The molecule has 0 saturated carbocycles. The number of rotatable bonds is 10. The topological polar surface area (TPSA) is 131 Å². The predicted octanol–water partition coefficient (Wildman–Crippen LogP) is 5.27. The number of allylic oxidation sites excluding steroid dienone is 2. The van der Waals surface area contributed by atoms with E-state index in [1.807, 2.05) is 48.6 Å². The molecule has 2 aromatic rings. The number of carboxylic acids is 1. The van der Waals surface area contributed by atoms with Gasteiger partial charge in [-0.25, -0.2) is 9.59 Å². The summed E-state index contributed by atoms with van der Waals surface area (Å²) < 4.78 is 10.1. The van der Waals surface area contributed by atoms with Crippen LogP contribution in [0, 0.1) is 0 Å². The molecule has 10 heteroatoms. The molecule has 9 nitrogen and oxygen atoms in total. The van der Waals surface area contributed by atoms with Crippen molar-refractivity contribution in [1.29, 1.82) is 0 Å². The highest BCUT2D eigenvalue weighted by atomic mass is 79.9. The Hall–Kier alpha value is -3.92. The van der Waals surface area contributed by atoms with Crippen LogP contribution in [0.15, 0.2) is 60.7 Å². The Labute approximate surface area is 230 Å². The van der Waals surface area contributed by atoms with Gasteiger partial charge in [-0.15, -0.1) is 0 Å². The first-order valence-corrected chi connectivity index (χ1v) is 12.8. The van der Waals surface area contributed by atoms with Crippen LogP contribution in [0.25, 0.3) is 12.2 Å². The van der Waals surface area contributed by atoms with Gasteiger partial charge in [0.2, 0.25) is 5.91 Å². The maximum absolute atomic E-state index is 12.6. The third-order valence-electron chi connectivity index (χ3n) is 4.87. The van der Waals surface area contributed by atoms with E-state index in [9.17, 15) is 24.3 Å². The summed E-state index contributed by atoms with van der Waals surface area (Å²) in [5.74, 6) is -2.09. The molecule has 0 heterocycles. The SMILES string of the molecule is CC(OC(=O)OC(C)(C)C)C(NC(=O)c1ccc(C=CC=Cc2ccc(NC(=O)CBr)cc2)cc1)C(=O)O. The molecule has 0 spiro atoms. The molecule has 2 atom stereocenters. The molecule has 0 aliphatic rings. The molecule has 3 N–H and O–H groups in total. The van der Waals surface area contributed by atoms with Crippen molar-refractivity contribution in [3.63, 3.8) is 0 Å². The number of carbonyl (C=O) groups is 4. The standard InChI is InChI=1S/C28H31BrN2O7/c1-18(37-27(36)38-28(2,3)4)24(26(34)35)31-25(33)21-13-9-19(10-14-21)7-5-6-8-20-11-15-22(16-12-20)30-23(32)17-29/h5-16,18,24H,17H2,1-4H3,(H,30,32)(H,31,33)(H,34,35). The van der Waals surface area contributed by atoms with Gasteiger partial charge < -0.3 is 25.2 Å². The molecule has 0 fully saturated rings. The maximum Gasteiger partial charge on any atom is 0.509 e. The number of carbonyl (C=O) groups excluding carboxylic acids is 3. The number of carboxylic acid groups (broad SMARTS) is 1. The van der Waals surface area contributed by atoms with E-state index in [1.54, 1.807) is 45.0 Å². The molecule has 38 heavy (non-hydrogen) atoms. The van der Waals surface area contributed by atoms with Crippen molar-refractivity contribution < 1.29 is 33.8 Å². The minimum atomic E-state index is -1.46. The second-order valence-electron chi connectivity index (χ2n) is 9.22. The Morgan fingerprint density at radius 3 is 1.95 bits per heavy atom. The van der Waals surface area contributed by atoms with Crippen molar-refractivity contribution in [2.75, 3.05) is 10.6 Å². The van der Waals surface area contributed by atoms with Gasteiger partial charge in [0.1, 0.15) is 11.7 Å². The molecule has 0 aliphatic carbocycles. The van der Waals surface area contributed by atoms with E-state index < -0.39 is 35.8 Å². The van der Waals surface area contributed by atoms with Crippen molar-refractivity contribution in [1.82, 2.24) is 5.32 Å². The van der Waals surface area contributed by atoms with Gasteiger partial charge in [0.15, 0.2) is 6.04 Å². The number of hydrogen-bond donors (Lipinski definition) is 3. The molecule has 2 rings (SSSR count). The van der Waals surface area contributed by atoms with E-state index in [2.05, 4.69) is 26.6 Å². The monoisotopic (exact) mass is 586 g/mol. The third kappa shape index (κ3) is 10.6. The summed E-state index contributed by atoms with van der Waals surface area (Å²) in [4.78, 5) is 47.5. The molecule has 0 radical (unpaired) electrons. The predicted molar refractivity (Wildman–Crippen MR) is 149 cm³/mol. The average molecular weight is 587 g/mol. The average Bonchev–Trinajstić information content (AvgIpc) is 2.84. The molecule has 0 bridgehead atoms. The van der Waals surface area contributed by atoms with Crippen LogP contribution < -0.4 is 10.6 Å². The lowest BCUT2D eigenvalue weighted by atomic mass is 10.1.